The summed E-state index contributed by atoms with van der Waals surface area (Å²) in [4.78, 5) is 12.4. The highest BCUT2D eigenvalue weighted by atomic mass is 16.3. The zero-order valence-corrected chi connectivity index (χ0v) is 6.53. The molecule has 1 fully saturated rings. The van der Waals surface area contributed by atoms with Gasteiger partial charge in [-0.2, -0.15) is 0 Å². The molecule has 4 nitrogen and oxygen atoms in total. The summed E-state index contributed by atoms with van der Waals surface area (Å²) in [6.07, 6.45) is 0.0223. The van der Waals surface area contributed by atoms with E-state index in [-0.39, 0.29) is 18.6 Å². The number of aliphatic hydroxyl groups excluding tert-OH is 2. The molecule has 11 heavy (non-hydrogen) atoms. The molecular weight excluding hydrogens is 146 g/mol. The van der Waals surface area contributed by atoms with Gasteiger partial charge in [0.15, 0.2) is 0 Å². The first kappa shape index (κ1) is 8.49. The van der Waals surface area contributed by atoms with Gasteiger partial charge in [-0.3, -0.25) is 4.79 Å². The van der Waals surface area contributed by atoms with Gasteiger partial charge in [0, 0.05) is 13.5 Å². The van der Waals surface area contributed by atoms with Crippen LogP contribution >= 0.6 is 0 Å². The number of likely N-dealkylation sites (tertiary alicyclic amines) is 1. The van der Waals surface area contributed by atoms with Crippen LogP contribution in [0.1, 0.15) is 13.3 Å². The van der Waals surface area contributed by atoms with Gasteiger partial charge < -0.3 is 15.1 Å². The van der Waals surface area contributed by atoms with E-state index >= 15 is 0 Å². The van der Waals surface area contributed by atoms with E-state index in [1.807, 2.05) is 0 Å². The van der Waals surface area contributed by atoms with Crippen LogP contribution in [0.4, 0.5) is 0 Å². The zero-order valence-electron chi connectivity index (χ0n) is 6.53. The molecule has 2 N–H and O–H groups in total. The highest BCUT2D eigenvalue weighted by Crippen LogP contribution is 2.16. The molecule has 1 aliphatic rings. The topological polar surface area (TPSA) is 60.8 Å². The summed E-state index contributed by atoms with van der Waals surface area (Å²) in [6, 6.07) is -0.382. The standard InChI is InChI=1S/C7H13NO3/c1-5(10)8-3-2-7(11)6(8)4-9/h6-7,9,11H,2-4H2,1H3/t6-,7-/m0/s1. The van der Waals surface area contributed by atoms with Crippen LogP contribution in [0, 0.1) is 0 Å². The number of hydrogen-bond donors (Lipinski definition) is 2. The van der Waals surface area contributed by atoms with Gasteiger partial charge in [-0.15, -0.1) is 0 Å². The molecule has 0 saturated carbocycles. The average molecular weight is 159 g/mol. The number of carbonyl (C=O) groups is 1. The third-order valence-corrected chi connectivity index (χ3v) is 2.10. The van der Waals surface area contributed by atoms with Gasteiger partial charge in [0.25, 0.3) is 0 Å². The normalized spacial score (nSPS) is 31.0. The van der Waals surface area contributed by atoms with Crippen molar-refractivity contribution in [3.05, 3.63) is 0 Å². The Morgan fingerprint density at radius 1 is 1.73 bits per heavy atom. The predicted octanol–water partition coefficient (Wildman–Crippen LogP) is -1.04. The summed E-state index contributed by atoms with van der Waals surface area (Å²) in [7, 11) is 0. The molecule has 2 atom stereocenters. The van der Waals surface area contributed by atoms with Gasteiger partial charge >= 0.3 is 0 Å². The van der Waals surface area contributed by atoms with Gasteiger partial charge in [-0.25, -0.2) is 0 Å². The molecule has 0 aromatic heterocycles. The Morgan fingerprint density at radius 3 is 2.73 bits per heavy atom. The maximum Gasteiger partial charge on any atom is 0.219 e. The van der Waals surface area contributed by atoms with E-state index in [1.54, 1.807) is 0 Å². The second-order valence-electron chi connectivity index (χ2n) is 2.82. The van der Waals surface area contributed by atoms with E-state index in [0.717, 1.165) is 0 Å². The van der Waals surface area contributed by atoms with E-state index in [1.165, 1.54) is 11.8 Å². The maximum absolute atomic E-state index is 10.9. The fourth-order valence-corrected chi connectivity index (χ4v) is 1.45. The molecular formula is C7H13NO3. The summed E-state index contributed by atoms with van der Waals surface area (Å²) in [5, 5.41) is 18.1. The monoisotopic (exact) mass is 159 g/mol. The lowest BCUT2D eigenvalue weighted by atomic mass is 10.2. The van der Waals surface area contributed by atoms with Crippen molar-refractivity contribution in [2.75, 3.05) is 13.2 Å². The van der Waals surface area contributed by atoms with Crippen molar-refractivity contribution >= 4 is 5.91 Å². The van der Waals surface area contributed by atoms with Gasteiger partial charge in [-0.05, 0) is 6.42 Å². The third-order valence-electron chi connectivity index (χ3n) is 2.10. The number of carbonyl (C=O) groups excluding carboxylic acids is 1. The highest BCUT2D eigenvalue weighted by molar-refractivity contribution is 5.74. The molecule has 0 radical (unpaired) electrons. The lowest BCUT2D eigenvalue weighted by Gasteiger charge is -2.22. The molecule has 0 spiro atoms. The number of amides is 1. The first-order valence-corrected chi connectivity index (χ1v) is 3.73. The molecule has 4 heteroatoms. The second kappa shape index (κ2) is 3.19. The Bertz CT molecular complexity index is 160. The van der Waals surface area contributed by atoms with Crippen molar-refractivity contribution in [3.8, 4) is 0 Å². The molecule has 1 aliphatic heterocycles. The Morgan fingerprint density at radius 2 is 2.36 bits per heavy atom. The SMILES string of the molecule is CC(=O)N1CC[C@H](O)[C@@H]1CO. The molecule has 0 aromatic rings. The van der Waals surface area contributed by atoms with E-state index in [4.69, 9.17) is 5.11 Å². The molecule has 1 saturated heterocycles. The molecule has 0 unspecified atom stereocenters. The third kappa shape index (κ3) is 1.52. The van der Waals surface area contributed by atoms with Crippen LogP contribution in [-0.2, 0) is 4.79 Å². The minimum absolute atomic E-state index is 0.0828. The lowest BCUT2D eigenvalue weighted by Crippen LogP contribution is -2.40. The molecule has 1 rings (SSSR count). The van der Waals surface area contributed by atoms with Crippen molar-refractivity contribution in [2.45, 2.75) is 25.5 Å². The molecule has 1 heterocycles. The fraction of sp³-hybridized carbons (Fsp3) is 0.857. The van der Waals surface area contributed by atoms with Crippen LogP contribution in [0.25, 0.3) is 0 Å². The van der Waals surface area contributed by atoms with Crippen LogP contribution in [-0.4, -0.2) is 46.3 Å². The summed E-state index contributed by atoms with van der Waals surface area (Å²) in [6.45, 7) is 1.85. The Hall–Kier alpha value is -0.610. The molecule has 1 amide bonds. The van der Waals surface area contributed by atoms with E-state index in [2.05, 4.69) is 0 Å². The van der Waals surface area contributed by atoms with E-state index in [0.29, 0.717) is 13.0 Å². The summed E-state index contributed by atoms with van der Waals surface area (Å²) < 4.78 is 0. The van der Waals surface area contributed by atoms with E-state index < -0.39 is 6.10 Å². The second-order valence-corrected chi connectivity index (χ2v) is 2.82. The number of hydrogen-bond acceptors (Lipinski definition) is 3. The van der Waals surface area contributed by atoms with Gasteiger partial charge in [-0.1, -0.05) is 0 Å². The van der Waals surface area contributed by atoms with Crippen molar-refractivity contribution in [3.63, 3.8) is 0 Å². The average Bonchev–Trinajstić information content (AvgIpc) is 2.30. The van der Waals surface area contributed by atoms with E-state index in [9.17, 15) is 9.90 Å². The first-order valence-electron chi connectivity index (χ1n) is 3.73. The summed E-state index contributed by atoms with van der Waals surface area (Å²) in [5.74, 6) is -0.0828. The zero-order chi connectivity index (χ0) is 8.43. The Kier molecular flexibility index (Phi) is 2.46. The molecule has 0 bridgehead atoms. The van der Waals surface area contributed by atoms with Crippen molar-refractivity contribution in [1.82, 2.24) is 4.90 Å². The Balaban J connectivity index is 2.61. The Labute approximate surface area is 65.4 Å². The minimum atomic E-state index is -0.552. The fourth-order valence-electron chi connectivity index (χ4n) is 1.45. The first-order chi connectivity index (χ1) is 5.16. The van der Waals surface area contributed by atoms with Gasteiger partial charge in [0.1, 0.15) is 0 Å². The molecule has 64 valence electrons. The lowest BCUT2D eigenvalue weighted by molar-refractivity contribution is -0.131. The van der Waals surface area contributed by atoms with Crippen molar-refractivity contribution < 1.29 is 15.0 Å². The smallest absolute Gasteiger partial charge is 0.219 e. The van der Waals surface area contributed by atoms with Crippen LogP contribution in [0.5, 0.6) is 0 Å². The quantitative estimate of drug-likeness (QED) is 0.514. The summed E-state index contributed by atoms with van der Waals surface area (Å²) >= 11 is 0. The van der Waals surface area contributed by atoms with Crippen LogP contribution in [0.15, 0.2) is 0 Å². The summed E-state index contributed by atoms with van der Waals surface area (Å²) in [5.41, 5.74) is 0. The van der Waals surface area contributed by atoms with Gasteiger partial charge in [0.05, 0.1) is 18.8 Å². The number of aliphatic hydroxyl groups is 2. The van der Waals surface area contributed by atoms with Crippen molar-refractivity contribution in [2.24, 2.45) is 0 Å². The van der Waals surface area contributed by atoms with Crippen molar-refractivity contribution in [1.29, 1.82) is 0 Å². The van der Waals surface area contributed by atoms with Crippen LogP contribution in [0.2, 0.25) is 0 Å². The minimum Gasteiger partial charge on any atom is -0.394 e. The number of rotatable bonds is 1. The maximum atomic E-state index is 10.9. The molecule has 0 aliphatic carbocycles. The van der Waals surface area contributed by atoms with Crippen LogP contribution in [0.3, 0.4) is 0 Å². The van der Waals surface area contributed by atoms with Crippen LogP contribution < -0.4 is 0 Å². The van der Waals surface area contributed by atoms with Gasteiger partial charge in [0.2, 0.25) is 5.91 Å². The largest absolute Gasteiger partial charge is 0.394 e. The highest BCUT2D eigenvalue weighted by Gasteiger charge is 2.33. The molecule has 0 aromatic carbocycles. The number of nitrogens with zero attached hydrogens (tertiary/aromatic N) is 1. The predicted molar refractivity (Wildman–Crippen MR) is 38.9 cm³/mol.